The molecule has 3 heterocycles. The van der Waals surface area contributed by atoms with Crippen molar-refractivity contribution in [2.45, 2.75) is 13.1 Å². The Morgan fingerprint density at radius 1 is 1.12 bits per heavy atom. The van der Waals surface area contributed by atoms with Crippen LogP contribution in [0.5, 0.6) is 0 Å². The minimum atomic E-state index is -0.126. The maximum Gasteiger partial charge on any atom is 0.258 e. The fourth-order valence-electron chi connectivity index (χ4n) is 2.83. The molecule has 0 bridgehead atoms. The summed E-state index contributed by atoms with van der Waals surface area (Å²) < 4.78 is 5.42. The molecule has 7 nitrogen and oxygen atoms in total. The quantitative estimate of drug-likeness (QED) is 0.597. The number of nitrogens with zero attached hydrogens (tertiary/aromatic N) is 4. The molecule has 0 aliphatic heterocycles. The second-order valence-corrected chi connectivity index (χ2v) is 6.12. The lowest BCUT2D eigenvalue weighted by Crippen LogP contribution is -2.21. The number of rotatable bonds is 5. The van der Waals surface area contributed by atoms with Gasteiger partial charge in [0.1, 0.15) is 11.5 Å². The molecule has 0 aliphatic rings. The fourth-order valence-corrected chi connectivity index (χ4v) is 2.83. The van der Waals surface area contributed by atoms with E-state index in [9.17, 15) is 4.79 Å². The molecule has 130 valence electrons. The van der Waals surface area contributed by atoms with Crippen LogP contribution in [0.1, 0.15) is 11.6 Å². The van der Waals surface area contributed by atoms with Crippen molar-refractivity contribution in [2.24, 2.45) is 0 Å². The molecule has 0 saturated heterocycles. The minimum absolute atomic E-state index is 0.126. The van der Waals surface area contributed by atoms with Crippen LogP contribution in [0.15, 0.2) is 64.2 Å². The summed E-state index contributed by atoms with van der Waals surface area (Å²) in [4.78, 5) is 25.5. The van der Waals surface area contributed by atoms with E-state index in [1.54, 1.807) is 18.5 Å². The van der Waals surface area contributed by atoms with E-state index in [0.717, 1.165) is 17.0 Å². The van der Waals surface area contributed by atoms with Gasteiger partial charge in [0.05, 0.1) is 24.0 Å². The molecular formula is C19H17N5O2. The molecule has 1 aromatic carbocycles. The van der Waals surface area contributed by atoms with Gasteiger partial charge >= 0.3 is 0 Å². The van der Waals surface area contributed by atoms with Gasteiger partial charge in [0.15, 0.2) is 5.76 Å². The predicted octanol–water partition coefficient (Wildman–Crippen LogP) is 2.61. The number of aromatic amines is 1. The van der Waals surface area contributed by atoms with E-state index < -0.39 is 0 Å². The number of aromatic nitrogens is 4. The van der Waals surface area contributed by atoms with E-state index in [4.69, 9.17) is 4.52 Å². The summed E-state index contributed by atoms with van der Waals surface area (Å²) >= 11 is 0. The third-order valence-corrected chi connectivity index (χ3v) is 4.04. The lowest BCUT2D eigenvalue weighted by atomic mass is 10.2. The molecule has 0 radical (unpaired) electrons. The summed E-state index contributed by atoms with van der Waals surface area (Å²) in [6, 6.07) is 13.0. The molecule has 26 heavy (non-hydrogen) atoms. The first kappa shape index (κ1) is 16.2. The van der Waals surface area contributed by atoms with Gasteiger partial charge in [0.2, 0.25) is 0 Å². The zero-order valence-corrected chi connectivity index (χ0v) is 14.2. The van der Waals surface area contributed by atoms with Crippen molar-refractivity contribution in [2.75, 3.05) is 7.05 Å². The number of fused-ring (bicyclic) bond motifs is 1. The summed E-state index contributed by atoms with van der Waals surface area (Å²) in [5, 5.41) is 4.69. The first-order chi connectivity index (χ1) is 12.7. The van der Waals surface area contributed by atoms with Gasteiger partial charge in [-0.25, -0.2) is 4.98 Å². The second-order valence-electron chi connectivity index (χ2n) is 6.12. The largest absolute Gasteiger partial charge is 0.359 e. The summed E-state index contributed by atoms with van der Waals surface area (Å²) in [5.41, 5.74) is 2.30. The van der Waals surface area contributed by atoms with E-state index in [-0.39, 0.29) is 5.56 Å². The Labute approximate surface area is 149 Å². The Kier molecular flexibility index (Phi) is 4.28. The third-order valence-electron chi connectivity index (χ3n) is 4.04. The Bertz CT molecular complexity index is 1090. The Hall–Kier alpha value is -3.32. The van der Waals surface area contributed by atoms with Crippen LogP contribution in [-0.2, 0) is 13.1 Å². The number of benzene rings is 1. The Morgan fingerprint density at radius 3 is 2.77 bits per heavy atom. The van der Waals surface area contributed by atoms with Gasteiger partial charge in [-0.2, -0.15) is 0 Å². The molecule has 7 heteroatoms. The molecule has 4 rings (SSSR count). The summed E-state index contributed by atoms with van der Waals surface area (Å²) in [7, 11) is 1.93. The van der Waals surface area contributed by atoms with Crippen LogP contribution in [-0.4, -0.2) is 32.1 Å². The smallest absolute Gasteiger partial charge is 0.258 e. The topological polar surface area (TPSA) is 87.9 Å². The van der Waals surface area contributed by atoms with Gasteiger partial charge in [-0.3, -0.25) is 14.7 Å². The number of para-hydroxylation sites is 1. The molecule has 0 spiro atoms. The maximum atomic E-state index is 12.2. The third kappa shape index (κ3) is 3.38. The second kappa shape index (κ2) is 6.89. The van der Waals surface area contributed by atoms with Gasteiger partial charge < -0.3 is 9.51 Å². The molecule has 0 amide bonds. The van der Waals surface area contributed by atoms with Gasteiger partial charge in [-0.05, 0) is 31.3 Å². The first-order valence-corrected chi connectivity index (χ1v) is 8.21. The highest BCUT2D eigenvalue weighted by Crippen LogP contribution is 2.19. The first-order valence-electron chi connectivity index (χ1n) is 8.21. The average molecular weight is 347 g/mol. The highest BCUT2D eigenvalue weighted by atomic mass is 16.5. The summed E-state index contributed by atoms with van der Waals surface area (Å²) in [6.07, 6.45) is 3.44. The van der Waals surface area contributed by atoms with E-state index in [1.165, 1.54) is 0 Å². The normalized spacial score (nSPS) is 11.3. The number of H-pyrrole nitrogens is 1. The van der Waals surface area contributed by atoms with E-state index in [1.807, 2.05) is 48.3 Å². The highest BCUT2D eigenvalue weighted by Gasteiger charge is 2.11. The Morgan fingerprint density at radius 2 is 1.92 bits per heavy atom. The van der Waals surface area contributed by atoms with Gasteiger partial charge in [-0.15, -0.1) is 0 Å². The fraction of sp³-hybridized carbons (Fsp3) is 0.158. The van der Waals surface area contributed by atoms with Crippen molar-refractivity contribution in [3.05, 3.63) is 76.8 Å². The van der Waals surface area contributed by atoms with E-state index >= 15 is 0 Å². The molecule has 3 aromatic heterocycles. The molecule has 0 saturated carbocycles. The van der Waals surface area contributed by atoms with Crippen LogP contribution in [0.25, 0.3) is 22.2 Å². The van der Waals surface area contributed by atoms with E-state index in [2.05, 4.69) is 20.1 Å². The van der Waals surface area contributed by atoms with Crippen molar-refractivity contribution >= 4 is 10.9 Å². The van der Waals surface area contributed by atoms with Crippen LogP contribution in [0.4, 0.5) is 0 Å². The molecule has 0 atom stereocenters. The summed E-state index contributed by atoms with van der Waals surface area (Å²) in [6.45, 7) is 1.04. The predicted molar refractivity (Wildman–Crippen MR) is 97.3 cm³/mol. The van der Waals surface area contributed by atoms with Crippen LogP contribution in [0.3, 0.4) is 0 Å². The van der Waals surface area contributed by atoms with Crippen molar-refractivity contribution in [3.63, 3.8) is 0 Å². The monoisotopic (exact) mass is 347 g/mol. The number of pyridine rings is 1. The van der Waals surface area contributed by atoms with Gasteiger partial charge in [-0.1, -0.05) is 17.3 Å². The Balaban J connectivity index is 1.48. The van der Waals surface area contributed by atoms with Crippen LogP contribution >= 0.6 is 0 Å². The van der Waals surface area contributed by atoms with Gasteiger partial charge in [0.25, 0.3) is 5.56 Å². The molecule has 0 aliphatic carbocycles. The SMILES string of the molecule is CN(Cc1nc2ccccc2c(=O)[nH]1)Cc1cc(-c2ccncc2)no1. The number of nitrogens with one attached hydrogen (secondary N) is 1. The van der Waals surface area contributed by atoms with Crippen molar-refractivity contribution < 1.29 is 4.52 Å². The molecule has 0 unspecified atom stereocenters. The number of hydrogen-bond acceptors (Lipinski definition) is 6. The number of hydrogen-bond donors (Lipinski definition) is 1. The average Bonchev–Trinajstić information content (AvgIpc) is 3.11. The van der Waals surface area contributed by atoms with E-state index in [0.29, 0.717) is 29.8 Å². The molecule has 4 aromatic rings. The maximum absolute atomic E-state index is 12.2. The van der Waals surface area contributed by atoms with Crippen molar-refractivity contribution in [1.82, 2.24) is 25.0 Å². The van der Waals surface area contributed by atoms with Crippen molar-refractivity contribution in [1.29, 1.82) is 0 Å². The molecule has 0 fully saturated rings. The highest BCUT2D eigenvalue weighted by molar-refractivity contribution is 5.77. The minimum Gasteiger partial charge on any atom is -0.359 e. The zero-order chi connectivity index (χ0) is 17.9. The van der Waals surface area contributed by atoms with Gasteiger partial charge in [0, 0.05) is 24.0 Å². The standard InChI is InChI=1S/C19H17N5O2/c1-24(11-14-10-17(23-26-14)13-6-8-20-9-7-13)12-18-21-16-5-3-2-4-15(16)19(25)22-18/h2-10H,11-12H2,1H3,(H,21,22,25). The zero-order valence-electron chi connectivity index (χ0n) is 14.2. The van der Waals surface area contributed by atoms with Crippen LogP contribution in [0.2, 0.25) is 0 Å². The summed E-state index contributed by atoms with van der Waals surface area (Å²) in [5.74, 6) is 1.35. The van der Waals surface area contributed by atoms with Crippen LogP contribution < -0.4 is 5.56 Å². The molecule has 1 N–H and O–H groups in total. The van der Waals surface area contributed by atoms with Crippen LogP contribution in [0, 0.1) is 0 Å². The van der Waals surface area contributed by atoms with Crippen molar-refractivity contribution in [3.8, 4) is 11.3 Å². The lowest BCUT2D eigenvalue weighted by molar-refractivity contribution is 0.262. The molecular weight excluding hydrogens is 330 g/mol. The lowest BCUT2D eigenvalue weighted by Gasteiger charge is -2.14.